The molecule has 0 aromatic heterocycles. The van der Waals surface area contributed by atoms with E-state index in [1.54, 1.807) is 0 Å². The minimum atomic E-state index is -5.02. The van der Waals surface area contributed by atoms with Gasteiger partial charge < -0.3 is 33.8 Å². The van der Waals surface area contributed by atoms with Crippen molar-refractivity contribution in [2.75, 3.05) is 39.6 Å². The highest BCUT2D eigenvalue weighted by Crippen LogP contribution is 2.45. The number of phosphoric acid groups is 2. The highest BCUT2D eigenvalue weighted by Gasteiger charge is 2.30. The van der Waals surface area contributed by atoms with E-state index in [9.17, 15) is 43.2 Å². The molecule has 19 heteroatoms. The first kappa shape index (κ1) is 100. The summed E-state index contributed by atoms with van der Waals surface area (Å²) >= 11 is 0. The van der Waals surface area contributed by atoms with Gasteiger partial charge in [-0.05, 0) is 141 Å². The standard InChI is InChI=1S/C87H142O17P2/c1-5-9-13-17-21-25-29-33-36-39-40-43-46-50-54-58-62-66-70-74-87(92)104-83(78-98-85(90)72-68-64-60-56-52-48-44-41-37-34-30-26-22-18-14-10-6-2)80-102-106(95,96)100-76-81(88)75-99-105(93,94)101-79-82(77-97-84(89)71-67-63-59-55-51-47-32-28-24-20-16-12-8-4)103-86(91)73-69-65-61-57-53-49-45-42-38-35-31-27-23-19-15-11-7-3/h9,13,21-23,25-27,33-38,40,43-45,48-50,54,56-57,60-62,66,81-83,88H,5-8,10-12,14-20,24,28-32,39,41-42,46-47,51-53,55,58-59,63-65,67-80H2,1-4H3,(H,93,94)(H,95,96)/b13-9-,25-21-,26-22-,27-23-,36-33-,37-34-,38-35-,43-40-,48-44-,49-45-,54-50-,60-56-,61-57-,66-62-/t81-,82+,83+/m0/s1. The smallest absolute Gasteiger partial charge is 0.462 e. The van der Waals surface area contributed by atoms with Crippen LogP contribution in [-0.4, -0.2) is 96.7 Å². The quantitative estimate of drug-likeness (QED) is 0.0169. The number of phosphoric ester groups is 2. The number of allylic oxidation sites excluding steroid dienone is 28. The molecule has 0 aliphatic heterocycles. The summed E-state index contributed by atoms with van der Waals surface area (Å²) in [6.45, 7) is 4.48. The summed E-state index contributed by atoms with van der Waals surface area (Å²) < 4.78 is 68.4. The van der Waals surface area contributed by atoms with E-state index in [-0.39, 0.29) is 25.7 Å². The zero-order chi connectivity index (χ0) is 77.4. The summed E-state index contributed by atoms with van der Waals surface area (Å²) in [5.41, 5.74) is 0. The Kier molecular flexibility index (Phi) is 73.5. The van der Waals surface area contributed by atoms with Crippen molar-refractivity contribution in [1.82, 2.24) is 0 Å². The van der Waals surface area contributed by atoms with Gasteiger partial charge in [0.25, 0.3) is 0 Å². The predicted octanol–water partition coefficient (Wildman–Crippen LogP) is 23.8. The molecule has 3 N–H and O–H groups in total. The normalized spacial score (nSPS) is 14.7. The zero-order valence-electron chi connectivity index (χ0n) is 65.8. The van der Waals surface area contributed by atoms with Crippen molar-refractivity contribution in [3.8, 4) is 0 Å². The molecule has 0 aromatic rings. The molecule has 0 aliphatic rings. The minimum Gasteiger partial charge on any atom is -0.462 e. The molecule has 17 nitrogen and oxygen atoms in total. The Hall–Kier alpha value is -5.58. The highest BCUT2D eigenvalue weighted by molar-refractivity contribution is 7.47. The first-order chi connectivity index (χ1) is 51.7. The molecule has 0 radical (unpaired) electrons. The van der Waals surface area contributed by atoms with Gasteiger partial charge in [-0.2, -0.15) is 0 Å². The van der Waals surface area contributed by atoms with Crippen molar-refractivity contribution in [1.29, 1.82) is 0 Å². The zero-order valence-corrected chi connectivity index (χ0v) is 67.6. The number of rotatable bonds is 74. The van der Waals surface area contributed by atoms with Crippen LogP contribution in [0.2, 0.25) is 0 Å². The number of aliphatic hydroxyl groups is 1. The van der Waals surface area contributed by atoms with Gasteiger partial charge in [-0.3, -0.25) is 37.3 Å². The van der Waals surface area contributed by atoms with E-state index in [0.717, 1.165) is 109 Å². The minimum absolute atomic E-state index is 0.0125. The summed E-state index contributed by atoms with van der Waals surface area (Å²) in [6.07, 6.45) is 92.2. The molecule has 0 amide bonds. The molecule has 2 unspecified atom stereocenters. The summed E-state index contributed by atoms with van der Waals surface area (Å²) in [6, 6.07) is 0. The van der Waals surface area contributed by atoms with Gasteiger partial charge in [0.05, 0.1) is 26.4 Å². The van der Waals surface area contributed by atoms with Gasteiger partial charge in [0, 0.05) is 25.7 Å². The van der Waals surface area contributed by atoms with E-state index in [1.807, 2.05) is 42.5 Å². The number of unbranched alkanes of at least 4 members (excludes halogenated alkanes) is 20. The highest BCUT2D eigenvalue weighted by atomic mass is 31.2. The van der Waals surface area contributed by atoms with Crippen LogP contribution >= 0.6 is 15.6 Å². The van der Waals surface area contributed by atoms with Crippen molar-refractivity contribution < 1.29 is 80.2 Å². The third kappa shape index (κ3) is 76.6. The lowest BCUT2D eigenvalue weighted by molar-refractivity contribution is -0.161. The van der Waals surface area contributed by atoms with E-state index in [4.69, 9.17) is 37.0 Å². The summed E-state index contributed by atoms with van der Waals surface area (Å²) in [4.78, 5) is 73.0. The number of hydrogen-bond acceptors (Lipinski definition) is 15. The van der Waals surface area contributed by atoms with Crippen LogP contribution in [0.3, 0.4) is 0 Å². The van der Waals surface area contributed by atoms with Crippen LogP contribution in [0, 0.1) is 0 Å². The summed E-state index contributed by atoms with van der Waals surface area (Å²) in [7, 11) is -10.0. The van der Waals surface area contributed by atoms with Gasteiger partial charge in [0.2, 0.25) is 0 Å². The topological polar surface area (TPSA) is 237 Å². The molecule has 0 rings (SSSR count). The van der Waals surface area contributed by atoms with E-state index in [0.29, 0.717) is 44.9 Å². The van der Waals surface area contributed by atoms with Gasteiger partial charge >= 0.3 is 39.5 Å². The van der Waals surface area contributed by atoms with Crippen molar-refractivity contribution in [2.45, 2.75) is 316 Å². The second kappa shape index (κ2) is 77.6. The maximum atomic E-state index is 13.1. The fraction of sp³-hybridized carbons (Fsp3) is 0.632. The first-order valence-corrected chi connectivity index (χ1v) is 43.4. The van der Waals surface area contributed by atoms with Crippen molar-refractivity contribution in [3.63, 3.8) is 0 Å². The number of carbonyl (C=O) groups excluding carboxylic acids is 4. The van der Waals surface area contributed by atoms with Crippen LogP contribution < -0.4 is 0 Å². The van der Waals surface area contributed by atoms with Crippen LogP contribution in [0.5, 0.6) is 0 Å². The lowest BCUT2D eigenvalue weighted by Gasteiger charge is -2.21. The van der Waals surface area contributed by atoms with Crippen LogP contribution in [0.15, 0.2) is 170 Å². The monoisotopic (exact) mass is 1520 g/mol. The third-order valence-corrected chi connectivity index (χ3v) is 18.1. The van der Waals surface area contributed by atoms with Crippen LogP contribution in [0.25, 0.3) is 0 Å². The molecular formula is C87H142O17P2. The molecule has 5 atom stereocenters. The van der Waals surface area contributed by atoms with E-state index < -0.39 is 97.5 Å². The van der Waals surface area contributed by atoms with Crippen molar-refractivity contribution in [3.05, 3.63) is 170 Å². The van der Waals surface area contributed by atoms with Gasteiger partial charge in [-0.15, -0.1) is 0 Å². The lowest BCUT2D eigenvalue weighted by atomic mass is 10.0. The van der Waals surface area contributed by atoms with Crippen LogP contribution in [-0.2, 0) is 65.4 Å². The molecule has 0 saturated heterocycles. The van der Waals surface area contributed by atoms with Crippen LogP contribution in [0.4, 0.5) is 0 Å². The van der Waals surface area contributed by atoms with Gasteiger partial charge in [-0.1, -0.05) is 301 Å². The van der Waals surface area contributed by atoms with E-state index in [2.05, 4.69) is 155 Å². The number of esters is 4. The molecule has 0 bridgehead atoms. The maximum absolute atomic E-state index is 13.1. The molecule has 0 fully saturated rings. The van der Waals surface area contributed by atoms with Crippen molar-refractivity contribution >= 4 is 39.5 Å². The Balaban J connectivity index is 5.55. The summed E-state index contributed by atoms with van der Waals surface area (Å²) in [5, 5.41) is 10.6. The maximum Gasteiger partial charge on any atom is 0.472 e. The first-order valence-electron chi connectivity index (χ1n) is 40.4. The number of aliphatic hydroxyl groups excluding tert-OH is 1. The SMILES string of the molecule is CC/C=C\C/C=C\C/C=C\C/C=C\C/C=C\C/C=C\CCC(=O)O[C@H](COC(=O)CCC/C=C\C/C=C\C/C=C\C/C=C\CCCCC)COP(=O)(O)OC[C@@H](O)COP(=O)(O)OC[C@@H](COC(=O)CCCCCCCCCCCCCCC)OC(=O)CCC/C=C\C/C=C\C/C=C\C/C=C\CCCCC. The van der Waals surface area contributed by atoms with Crippen molar-refractivity contribution in [2.24, 2.45) is 0 Å². The molecule has 0 heterocycles. The average molecular weight is 1520 g/mol. The molecular weight excluding hydrogens is 1380 g/mol. The Bertz CT molecular complexity index is 2680. The lowest BCUT2D eigenvalue weighted by Crippen LogP contribution is -2.30. The third-order valence-electron chi connectivity index (χ3n) is 16.2. The van der Waals surface area contributed by atoms with E-state index in [1.165, 1.54) is 89.9 Å². The largest absolute Gasteiger partial charge is 0.472 e. The number of hydrogen-bond donors (Lipinski definition) is 3. The average Bonchev–Trinajstić information content (AvgIpc) is 0.899. The van der Waals surface area contributed by atoms with Crippen LogP contribution in [0.1, 0.15) is 297 Å². The second-order valence-corrected chi connectivity index (χ2v) is 29.2. The van der Waals surface area contributed by atoms with E-state index >= 15 is 0 Å². The van der Waals surface area contributed by atoms with Gasteiger partial charge in [0.1, 0.15) is 19.3 Å². The Labute approximate surface area is 642 Å². The fourth-order valence-electron chi connectivity index (χ4n) is 10.1. The van der Waals surface area contributed by atoms with Gasteiger partial charge in [-0.25, -0.2) is 9.13 Å². The second-order valence-electron chi connectivity index (χ2n) is 26.3. The predicted molar refractivity (Wildman–Crippen MR) is 436 cm³/mol. The van der Waals surface area contributed by atoms with Gasteiger partial charge in [0.15, 0.2) is 12.2 Å². The summed E-state index contributed by atoms with van der Waals surface area (Å²) in [5.74, 6) is -2.41. The Morgan fingerprint density at radius 2 is 0.519 bits per heavy atom. The molecule has 0 spiro atoms. The number of carbonyl (C=O) groups is 4. The molecule has 0 saturated carbocycles. The molecule has 0 aliphatic carbocycles. The fourth-order valence-corrected chi connectivity index (χ4v) is 11.6. The molecule has 602 valence electrons. The molecule has 0 aromatic carbocycles. The molecule has 106 heavy (non-hydrogen) atoms. The Morgan fingerprint density at radius 3 is 0.849 bits per heavy atom. The Morgan fingerprint density at radius 1 is 0.274 bits per heavy atom. The number of ether oxygens (including phenoxy) is 4.